The van der Waals surface area contributed by atoms with Gasteiger partial charge >= 0.3 is 0 Å². The average Bonchev–Trinajstić information content (AvgIpc) is 3.99. The number of hydrogen-bond donors (Lipinski definition) is 0. The second kappa shape index (κ2) is 14.4. The molecule has 0 N–H and O–H groups in total. The number of para-hydroxylation sites is 1. The Morgan fingerprint density at radius 3 is 1.60 bits per heavy atom. The Labute approximate surface area is 379 Å². The second-order valence-electron chi connectivity index (χ2n) is 17.7. The van der Waals surface area contributed by atoms with Crippen molar-refractivity contribution < 1.29 is 4.42 Å². The van der Waals surface area contributed by atoms with E-state index < -0.39 is 5.41 Å². The predicted molar refractivity (Wildman–Crippen MR) is 269 cm³/mol. The zero-order valence-corrected chi connectivity index (χ0v) is 35.9. The predicted octanol–water partition coefficient (Wildman–Crippen LogP) is 16.4. The van der Waals surface area contributed by atoms with Crippen LogP contribution in [0.15, 0.2) is 247 Å². The van der Waals surface area contributed by atoms with Gasteiger partial charge in [-0.1, -0.05) is 194 Å². The van der Waals surface area contributed by atoms with E-state index in [-0.39, 0.29) is 5.41 Å². The molecule has 0 aliphatic heterocycles. The van der Waals surface area contributed by atoms with Gasteiger partial charge in [-0.3, -0.25) is 0 Å². The summed E-state index contributed by atoms with van der Waals surface area (Å²) in [5, 5.41) is 2.24. The molecular formula is C63H43NO. The van der Waals surface area contributed by atoms with Crippen LogP contribution in [0.2, 0.25) is 0 Å². The highest BCUT2D eigenvalue weighted by molar-refractivity contribution is 6.06. The lowest BCUT2D eigenvalue weighted by Crippen LogP contribution is -2.28. The Hall–Kier alpha value is -8.20. The average molecular weight is 830 g/mol. The molecule has 2 aliphatic rings. The van der Waals surface area contributed by atoms with Crippen molar-refractivity contribution >= 4 is 39.0 Å². The van der Waals surface area contributed by atoms with E-state index in [4.69, 9.17) is 4.42 Å². The van der Waals surface area contributed by atoms with Crippen LogP contribution in [0.5, 0.6) is 0 Å². The van der Waals surface area contributed by atoms with Gasteiger partial charge in [-0.15, -0.1) is 0 Å². The molecule has 1 atom stereocenters. The second-order valence-corrected chi connectivity index (χ2v) is 17.7. The molecule has 0 saturated carbocycles. The Kier molecular flexibility index (Phi) is 8.29. The highest BCUT2D eigenvalue weighted by Crippen LogP contribution is 2.59. The van der Waals surface area contributed by atoms with Crippen molar-refractivity contribution in [3.63, 3.8) is 0 Å². The highest BCUT2D eigenvalue weighted by atomic mass is 16.3. The first-order chi connectivity index (χ1) is 32.1. The number of hydrogen-bond acceptors (Lipinski definition) is 2. The first kappa shape index (κ1) is 37.4. The molecule has 0 spiro atoms. The fourth-order valence-electron chi connectivity index (χ4n) is 11.5. The molecule has 0 saturated heterocycles. The van der Waals surface area contributed by atoms with Gasteiger partial charge in [0.2, 0.25) is 0 Å². The van der Waals surface area contributed by atoms with Crippen molar-refractivity contribution in [3.05, 3.63) is 282 Å². The topological polar surface area (TPSA) is 16.4 Å². The molecule has 2 aliphatic carbocycles. The number of benzene rings is 10. The van der Waals surface area contributed by atoms with Crippen LogP contribution in [0.1, 0.15) is 45.9 Å². The summed E-state index contributed by atoms with van der Waals surface area (Å²) in [5.74, 6) is 0. The van der Waals surface area contributed by atoms with Gasteiger partial charge in [-0.25, -0.2) is 0 Å². The van der Waals surface area contributed by atoms with Crippen molar-refractivity contribution in [2.45, 2.75) is 17.8 Å². The summed E-state index contributed by atoms with van der Waals surface area (Å²) in [6.07, 6.45) is 0. The molecule has 11 aromatic rings. The summed E-state index contributed by atoms with van der Waals surface area (Å²) >= 11 is 0. The summed E-state index contributed by atoms with van der Waals surface area (Å²) < 4.78 is 6.52. The Balaban J connectivity index is 0.991. The van der Waals surface area contributed by atoms with Gasteiger partial charge in [0.05, 0.1) is 5.41 Å². The minimum atomic E-state index is -0.460. The normalized spacial score (nSPS) is 15.3. The number of anilines is 3. The first-order valence-corrected chi connectivity index (χ1v) is 22.6. The van der Waals surface area contributed by atoms with Gasteiger partial charge in [0, 0.05) is 39.3 Å². The van der Waals surface area contributed by atoms with Crippen LogP contribution in [0.25, 0.3) is 55.3 Å². The zero-order valence-electron chi connectivity index (χ0n) is 35.9. The maximum absolute atomic E-state index is 6.52. The molecule has 306 valence electrons. The van der Waals surface area contributed by atoms with Gasteiger partial charge in [-0.05, 0) is 122 Å². The number of nitrogens with zero attached hydrogens (tertiary/aromatic N) is 1. The third-order valence-corrected chi connectivity index (χ3v) is 14.4. The summed E-state index contributed by atoms with van der Waals surface area (Å²) in [6, 6.07) is 89.1. The van der Waals surface area contributed by atoms with Gasteiger partial charge in [-0.2, -0.15) is 0 Å². The summed E-state index contributed by atoms with van der Waals surface area (Å²) in [4.78, 5) is 2.39. The van der Waals surface area contributed by atoms with E-state index in [1.807, 2.05) is 6.07 Å². The van der Waals surface area contributed by atoms with Gasteiger partial charge in [0.25, 0.3) is 0 Å². The summed E-state index contributed by atoms with van der Waals surface area (Å²) in [6.45, 7) is 2.39. The van der Waals surface area contributed by atoms with E-state index in [1.165, 1.54) is 72.3 Å². The quantitative estimate of drug-likeness (QED) is 0.159. The lowest BCUT2D eigenvalue weighted by atomic mass is 9.67. The SMILES string of the molecule is CC1(c2ccccc2)c2ccccc2-c2ccc(N(c3ccc(-c4cccc5c4-c4ccccc4C5(c4ccccc4)c4ccccc4)cc3)c3ccc4c(c3)oc3ccccc34)cc21. The maximum Gasteiger partial charge on any atom is 0.137 e. The molecular weight excluding hydrogens is 787 g/mol. The molecule has 1 unspecified atom stereocenters. The molecule has 0 radical (unpaired) electrons. The molecule has 65 heavy (non-hydrogen) atoms. The van der Waals surface area contributed by atoms with Crippen molar-refractivity contribution in [2.75, 3.05) is 4.90 Å². The van der Waals surface area contributed by atoms with Crippen LogP contribution in [0.4, 0.5) is 17.1 Å². The lowest BCUT2D eigenvalue weighted by Gasteiger charge is -2.34. The zero-order chi connectivity index (χ0) is 43.1. The third kappa shape index (κ3) is 5.41. The van der Waals surface area contributed by atoms with Crippen LogP contribution in [0.3, 0.4) is 0 Å². The molecule has 2 nitrogen and oxygen atoms in total. The van der Waals surface area contributed by atoms with E-state index in [0.717, 1.165) is 39.0 Å². The van der Waals surface area contributed by atoms with Gasteiger partial charge in [0.1, 0.15) is 11.2 Å². The van der Waals surface area contributed by atoms with E-state index in [1.54, 1.807) is 0 Å². The van der Waals surface area contributed by atoms with Crippen LogP contribution in [0, 0.1) is 0 Å². The van der Waals surface area contributed by atoms with E-state index in [9.17, 15) is 0 Å². The van der Waals surface area contributed by atoms with E-state index >= 15 is 0 Å². The molecule has 2 heteroatoms. The van der Waals surface area contributed by atoms with Crippen LogP contribution in [-0.2, 0) is 10.8 Å². The smallest absolute Gasteiger partial charge is 0.137 e. The number of furan rings is 1. The molecule has 0 fully saturated rings. The number of rotatable bonds is 7. The summed E-state index contributed by atoms with van der Waals surface area (Å²) in [7, 11) is 0. The standard InChI is InChI=1S/C63H43NO/c1-62(43-18-5-2-6-19-43)55-28-14-11-24-50(55)51-38-36-47(40-58(51)62)64(48-37-39-53-52-25-13-16-31-59(52)65-60(53)41-48)46-34-32-42(33-35-46)49-27-17-30-57-61(49)54-26-12-15-29-56(54)63(57,44-20-7-3-8-21-44)45-22-9-4-10-23-45/h2-41H,1H3. The van der Waals surface area contributed by atoms with Crippen molar-refractivity contribution in [1.29, 1.82) is 0 Å². The monoisotopic (exact) mass is 829 g/mol. The van der Waals surface area contributed by atoms with Gasteiger partial charge in [0.15, 0.2) is 0 Å². The highest BCUT2D eigenvalue weighted by Gasteiger charge is 2.47. The van der Waals surface area contributed by atoms with Crippen molar-refractivity contribution in [3.8, 4) is 33.4 Å². The Morgan fingerprint density at radius 2 is 0.862 bits per heavy atom. The van der Waals surface area contributed by atoms with E-state index in [2.05, 4.69) is 248 Å². The minimum absolute atomic E-state index is 0.333. The Morgan fingerprint density at radius 1 is 0.338 bits per heavy atom. The lowest BCUT2D eigenvalue weighted by molar-refractivity contribution is 0.669. The van der Waals surface area contributed by atoms with Crippen molar-refractivity contribution in [1.82, 2.24) is 0 Å². The van der Waals surface area contributed by atoms with Crippen LogP contribution < -0.4 is 4.90 Å². The molecule has 0 amide bonds. The third-order valence-electron chi connectivity index (χ3n) is 14.4. The van der Waals surface area contributed by atoms with Crippen molar-refractivity contribution in [2.24, 2.45) is 0 Å². The van der Waals surface area contributed by atoms with E-state index in [0.29, 0.717) is 0 Å². The molecule has 1 heterocycles. The molecule has 13 rings (SSSR count). The largest absolute Gasteiger partial charge is 0.456 e. The first-order valence-electron chi connectivity index (χ1n) is 22.6. The Bertz CT molecular complexity index is 3570. The minimum Gasteiger partial charge on any atom is -0.456 e. The fourth-order valence-corrected chi connectivity index (χ4v) is 11.5. The van der Waals surface area contributed by atoms with Gasteiger partial charge < -0.3 is 9.32 Å². The maximum atomic E-state index is 6.52. The molecule has 1 aromatic heterocycles. The fraction of sp³-hybridized carbons (Fsp3) is 0.0476. The van der Waals surface area contributed by atoms with Crippen LogP contribution >= 0.6 is 0 Å². The van der Waals surface area contributed by atoms with Crippen LogP contribution in [-0.4, -0.2) is 0 Å². The summed E-state index contributed by atoms with van der Waals surface area (Å²) in [5.41, 5.74) is 20.7. The molecule has 10 aromatic carbocycles. The number of fused-ring (bicyclic) bond motifs is 9. The molecule has 0 bridgehead atoms.